The highest BCUT2D eigenvalue weighted by atomic mass is 16.5. The molecule has 1 saturated heterocycles. The minimum atomic E-state index is -0.177. The van der Waals surface area contributed by atoms with Crippen molar-refractivity contribution in [2.75, 3.05) is 26.2 Å². The monoisotopic (exact) mass is 238 g/mol. The molecular weight excluding hydrogens is 212 g/mol. The first-order valence-electron chi connectivity index (χ1n) is 6.82. The lowest BCUT2D eigenvalue weighted by Gasteiger charge is -2.24. The molecule has 3 heteroatoms. The Balaban J connectivity index is 2.20. The molecule has 1 heterocycles. The normalized spacial score (nSPS) is 20.8. The Morgan fingerprint density at radius 1 is 1.47 bits per heavy atom. The van der Waals surface area contributed by atoms with Gasteiger partial charge >= 0.3 is 0 Å². The van der Waals surface area contributed by atoms with Gasteiger partial charge in [-0.2, -0.15) is 5.26 Å². The predicted molar refractivity (Wildman–Crippen MR) is 69.7 cm³/mol. The van der Waals surface area contributed by atoms with E-state index in [1.165, 1.54) is 12.8 Å². The summed E-state index contributed by atoms with van der Waals surface area (Å²) in [7, 11) is 0. The van der Waals surface area contributed by atoms with Crippen molar-refractivity contribution in [3.05, 3.63) is 0 Å². The van der Waals surface area contributed by atoms with Crippen LogP contribution < -0.4 is 0 Å². The van der Waals surface area contributed by atoms with Gasteiger partial charge in [-0.3, -0.25) is 0 Å². The SMILES string of the molecule is CCN(CCCC(C)(C)C#N)CC1CCCO1. The molecule has 1 aliphatic rings. The van der Waals surface area contributed by atoms with Crippen molar-refractivity contribution in [2.24, 2.45) is 5.41 Å². The van der Waals surface area contributed by atoms with Crippen molar-refractivity contribution >= 4 is 0 Å². The third-order valence-electron chi connectivity index (χ3n) is 3.51. The molecule has 98 valence electrons. The maximum absolute atomic E-state index is 8.96. The lowest BCUT2D eigenvalue weighted by Crippen LogP contribution is -2.33. The minimum Gasteiger partial charge on any atom is -0.377 e. The molecule has 0 aromatic heterocycles. The smallest absolute Gasteiger partial charge is 0.0702 e. The molecule has 0 radical (unpaired) electrons. The van der Waals surface area contributed by atoms with Gasteiger partial charge in [0.1, 0.15) is 0 Å². The Bertz CT molecular complexity index is 251. The van der Waals surface area contributed by atoms with Crippen molar-refractivity contribution in [1.29, 1.82) is 5.26 Å². The number of nitrogens with zero attached hydrogens (tertiary/aromatic N) is 2. The number of rotatable bonds is 7. The molecule has 0 spiro atoms. The Morgan fingerprint density at radius 3 is 2.76 bits per heavy atom. The first-order chi connectivity index (χ1) is 8.07. The summed E-state index contributed by atoms with van der Waals surface area (Å²) in [6.07, 6.45) is 4.94. The van der Waals surface area contributed by atoms with Crippen LogP contribution in [0.25, 0.3) is 0 Å². The molecule has 1 fully saturated rings. The summed E-state index contributed by atoms with van der Waals surface area (Å²) in [5.74, 6) is 0. The van der Waals surface area contributed by atoms with E-state index in [2.05, 4.69) is 17.9 Å². The van der Waals surface area contributed by atoms with E-state index in [1.807, 2.05) is 13.8 Å². The Labute approximate surface area is 106 Å². The van der Waals surface area contributed by atoms with Gasteiger partial charge in [-0.05, 0) is 52.6 Å². The van der Waals surface area contributed by atoms with Crippen molar-refractivity contribution in [1.82, 2.24) is 4.90 Å². The van der Waals surface area contributed by atoms with Crippen LogP contribution in [0.2, 0.25) is 0 Å². The third kappa shape index (κ3) is 5.52. The van der Waals surface area contributed by atoms with Crippen molar-refractivity contribution in [3.8, 4) is 6.07 Å². The standard InChI is InChI=1S/C14H26N2O/c1-4-16(11-13-7-5-10-17-13)9-6-8-14(2,3)12-15/h13H,4-11H2,1-3H3. The number of hydrogen-bond acceptors (Lipinski definition) is 3. The number of nitriles is 1. The molecule has 1 aliphatic heterocycles. The van der Waals surface area contributed by atoms with E-state index in [4.69, 9.17) is 10.00 Å². The molecule has 0 saturated carbocycles. The molecule has 0 amide bonds. The Hall–Kier alpha value is -0.590. The lowest BCUT2D eigenvalue weighted by molar-refractivity contribution is 0.0737. The van der Waals surface area contributed by atoms with E-state index >= 15 is 0 Å². The zero-order valence-corrected chi connectivity index (χ0v) is 11.5. The molecule has 0 aromatic rings. The molecule has 0 aliphatic carbocycles. The van der Waals surface area contributed by atoms with Crippen LogP contribution in [0.4, 0.5) is 0 Å². The second-order valence-corrected chi connectivity index (χ2v) is 5.63. The van der Waals surface area contributed by atoms with E-state index in [0.29, 0.717) is 6.10 Å². The second kappa shape index (κ2) is 6.98. The summed E-state index contributed by atoms with van der Waals surface area (Å²) in [5.41, 5.74) is -0.177. The van der Waals surface area contributed by atoms with Crippen molar-refractivity contribution in [2.45, 2.75) is 52.6 Å². The quantitative estimate of drug-likeness (QED) is 0.684. The van der Waals surface area contributed by atoms with Crippen molar-refractivity contribution in [3.63, 3.8) is 0 Å². The Morgan fingerprint density at radius 2 is 2.24 bits per heavy atom. The summed E-state index contributed by atoms with van der Waals surface area (Å²) in [4.78, 5) is 2.45. The van der Waals surface area contributed by atoms with Crippen LogP contribution in [-0.4, -0.2) is 37.2 Å². The summed E-state index contributed by atoms with van der Waals surface area (Å²) in [6.45, 7) is 10.4. The van der Waals surface area contributed by atoms with Gasteiger partial charge in [0.05, 0.1) is 17.6 Å². The highest BCUT2D eigenvalue weighted by Crippen LogP contribution is 2.21. The highest BCUT2D eigenvalue weighted by molar-refractivity contribution is 4.91. The molecule has 1 unspecified atom stereocenters. The van der Waals surface area contributed by atoms with E-state index in [1.54, 1.807) is 0 Å². The van der Waals surface area contributed by atoms with Gasteiger partial charge in [0, 0.05) is 13.2 Å². The van der Waals surface area contributed by atoms with Crippen LogP contribution in [0.1, 0.15) is 46.5 Å². The second-order valence-electron chi connectivity index (χ2n) is 5.63. The first kappa shape index (κ1) is 14.5. The van der Waals surface area contributed by atoms with Gasteiger partial charge in [-0.25, -0.2) is 0 Å². The maximum Gasteiger partial charge on any atom is 0.0702 e. The molecule has 0 N–H and O–H groups in total. The van der Waals surface area contributed by atoms with E-state index < -0.39 is 0 Å². The number of likely N-dealkylation sites (N-methyl/N-ethyl adjacent to an activating group) is 1. The van der Waals surface area contributed by atoms with E-state index in [0.717, 1.165) is 39.1 Å². The molecule has 0 bridgehead atoms. The molecule has 3 nitrogen and oxygen atoms in total. The first-order valence-corrected chi connectivity index (χ1v) is 6.82. The largest absolute Gasteiger partial charge is 0.377 e. The fraction of sp³-hybridized carbons (Fsp3) is 0.929. The predicted octanol–water partition coefficient (Wildman–Crippen LogP) is 2.82. The third-order valence-corrected chi connectivity index (χ3v) is 3.51. The zero-order chi connectivity index (χ0) is 12.7. The molecule has 17 heavy (non-hydrogen) atoms. The van der Waals surface area contributed by atoms with Crippen LogP contribution in [0.5, 0.6) is 0 Å². The maximum atomic E-state index is 8.96. The van der Waals surface area contributed by atoms with Crippen LogP contribution in [-0.2, 0) is 4.74 Å². The van der Waals surface area contributed by atoms with E-state index in [-0.39, 0.29) is 5.41 Å². The summed E-state index contributed by atoms with van der Waals surface area (Å²) in [5, 5.41) is 8.96. The molecular formula is C14H26N2O. The van der Waals surface area contributed by atoms with Crippen LogP contribution in [0.3, 0.4) is 0 Å². The molecule has 0 aromatic carbocycles. The number of ether oxygens (including phenoxy) is 1. The lowest BCUT2D eigenvalue weighted by atomic mass is 9.90. The van der Waals surface area contributed by atoms with Gasteiger partial charge < -0.3 is 9.64 Å². The van der Waals surface area contributed by atoms with Crippen LogP contribution >= 0.6 is 0 Å². The van der Waals surface area contributed by atoms with Crippen LogP contribution in [0.15, 0.2) is 0 Å². The van der Waals surface area contributed by atoms with Gasteiger partial charge in [-0.1, -0.05) is 6.92 Å². The molecule has 1 atom stereocenters. The molecule has 1 rings (SSSR count). The zero-order valence-electron chi connectivity index (χ0n) is 11.5. The fourth-order valence-electron chi connectivity index (χ4n) is 2.26. The van der Waals surface area contributed by atoms with Crippen LogP contribution in [0, 0.1) is 16.7 Å². The summed E-state index contributed by atoms with van der Waals surface area (Å²) in [6, 6.07) is 2.36. The van der Waals surface area contributed by atoms with Gasteiger partial charge in [-0.15, -0.1) is 0 Å². The summed E-state index contributed by atoms with van der Waals surface area (Å²) >= 11 is 0. The highest BCUT2D eigenvalue weighted by Gasteiger charge is 2.20. The Kier molecular flexibility index (Phi) is 5.94. The van der Waals surface area contributed by atoms with E-state index in [9.17, 15) is 0 Å². The average molecular weight is 238 g/mol. The van der Waals surface area contributed by atoms with Gasteiger partial charge in [0.2, 0.25) is 0 Å². The number of hydrogen-bond donors (Lipinski definition) is 0. The van der Waals surface area contributed by atoms with Crippen molar-refractivity contribution < 1.29 is 4.74 Å². The fourth-order valence-corrected chi connectivity index (χ4v) is 2.26. The summed E-state index contributed by atoms with van der Waals surface area (Å²) < 4.78 is 5.66. The van der Waals surface area contributed by atoms with Gasteiger partial charge in [0.15, 0.2) is 0 Å². The average Bonchev–Trinajstić information content (AvgIpc) is 2.80. The van der Waals surface area contributed by atoms with Gasteiger partial charge in [0.25, 0.3) is 0 Å². The minimum absolute atomic E-state index is 0.177. The topological polar surface area (TPSA) is 36.3 Å².